The van der Waals surface area contributed by atoms with Crippen molar-refractivity contribution in [2.45, 2.75) is 31.1 Å². The number of aryl methyl sites for hydroxylation is 1. The van der Waals surface area contributed by atoms with E-state index in [1.54, 1.807) is 18.3 Å². The third-order valence-electron chi connectivity index (χ3n) is 6.68. The molecule has 2 aliphatic rings. The van der Waals surface area contributed by atoms with E-state index in [-0.39, 0.29) is 4.90 Å². The fraction of sp³-hybridized carbons (Fsp3) is 0.133. The first-order valence-corrected chi connectivity index (χ1v) is 13.3. The van der Waals surface area contributed by atoms with Crippen molar-refractivity contribution in [3.63, 3.8) is 0 Å². The summed E-state index contributed by atoms with van der Waals surface area (Å²) < 4.78 is 36.1. The van der Waals surface area contributed by atoms with Crippen LogP contribution in [0.5, 0.6) is 0 Å². The number of allylic oxidation sites excluding steroid dienone is 2. The maximum Gasteiger partial charge on any atom is 0.268 e. The Morgan fingerprint density at radius 2 is 1.63 bits per heavy atom. The molecule has 0 saturated carbocycles. The van der Waals surface area contributed by atoms with Gasteiger partial charge >= 0.3 is 0 Å². The highest BCUT2D eigenvalue weighted by atomic mass is 32.2. The first kappa shape index (κ1) is 21.7. The second-order valence-corrected chi connectivity index (χ2v) is 10.8. The van der Waals surface area contributed by atoms with Gasteiger partial charge in [-0.25, -0.2) is 12.7 Å². The van der Waals surface area contributed by atoms with Crippen LogP contribution in [0.1, 0.15) is 41.7 Å². The lowest BCUT2D eigenvalue weighted by molar-refractivity contribution is 0.543. The van der Waals surface area contributed by atoms with Gasteiger partial charge in [-0.2, -0.15) is 0 Å². The maximum absolute atomic E-state index is 14.1. The molecule has 1 aromatic heterocycles. The van der Waals surface area contributed by atoms with Crippen molar-refractivity contribution in [2.24, 2.45) is 0 Å². The Labute approximate surface area is 205 Å². The molecule has 3 aromatic carbocycles. The molecule has 0 bridgehead atoms. The van der Waals surface area contributed by atoms with Gasteiger partial charge in [0.25, 0.3) is 10.0 Å². The molecule has 0 spiro atoms. The number of nitrogens with zero attached hydrogens (tertiary/aromatic N) is 1. The van der Waals surface area contributed by atoms with Crippen LogP contribution in [0.15, 0.2) is 112 Å². The second-order valence-electron chi connectivity index (χ2n) is 8.98. The van der Waals surface area contributed by atoms with Gasteiger partial charge in [0.2, 0.25) is 0 Å². The molecule has 174 valence electrons. The highest BCUT2D eigenvalue weighted by molar-refractivity contribution is 7.89. The summed E-state index contributed by atoms with van der Waals surface area (Å²) in [5, 5.41) is 0.960. The van der Waals surface area contributed by atoms with Crippen molar-refractivity contribution in [1.82, 2.24) is 4.31 Å². The van der Waals surface area contributed by atoms with Gasteiger partial charge in [-0.3, -0.25) is 0 Å². The van der Waals surface area contributed by atoms with E-state index < -0.39 is 10.0 Å². The summed E-state index contributed by atoms with van der Waals surface area (Å²) in [5.41, 5.74) is 6.09. The van der Waals surface area contributed by atoms with E-state index in [0.29, 0.717) is 11.5 Å². The fourth-order valence-electron chi connectivity index (χ4n) is 4.94. The van der Waals surface area contributed by atoms with Crippen LogP contribution in [0.2, 0.25) is 0 Å². The Bertz CT molecular complexity index is 1620. The lowest BCUT2D eigenvalue weighted by Crippen LogP contribution is -2.27. The molecule has 1 aliphatic heterocycles. The predicted molar refractivity (Wildman–Crippen MR) is 140 cm³/mol. The number of sulfonamides is 1. The lowest BCUT2D eigenvalue weighted by Gasteiger charge is -2.26. The predicted octanol–water partition coefficient (Wildman–Crippen LogP) is 7.29. The molecule has 0 N–H and O–H groups in total. The Balaban J connectivity index is 1.70. The number of rotatable bonds is 4. The minimum atomic E-state index is -3.87. The van der Waals surface area contributed by atoms with E-state index in [1.165, 1.54) is 4.31 Å². The minimum absolute atomic E-state index is 0.264. The molecule has 0 saturated heterocycles. The van der Waals surface area contributed by atoms with Crippen LogP contribution >= 0.6 is 0 Å². The standard InChI is InChI=1S/C30H25NO3S/c1-21-15-17-24(18-16-21)35(32,33)31-20-19-26-25-13-7-8-14-27(25)34-30(26)28(22-9-3-2-4-10-22)29(31)23-11-5-6-12-23/h2-4,7-11,13-20H,5-6,12H2,1H3. The van der Waals surface area contributed by atoms with E-state index >= 15 is 0 Å². The average Bonchev–Trinajstić information content (AvgIpc) is 3.49. The topological polar surface area (TPSA) is 50.5 Å². The third kappa shape index (κ3) is 3.63. The zero-order chi connectivity index (χ0) is 24.0. The molecule has 0 fully saturated rings. The van der Waals surface area contributed by atoms with Crippen molar-refractivity contribution in [2.75, 3.05) is 0 Å². The van der Waals surface area contributed by atoms with Gasteiger partial charge in [0, 0.05) is 17.1 Å². The van der Waals surface area contributed by atoms with Crippen molar-refractivity contribution in [3.05, 3.63) is 125 Å². The molecule has 0 amide bonds. The molecule has 2 heterocycles. The van der Waals surface area contributed by atoms with Crippen LogP contribution in [0.4, 0.5) is 0 Å². The molecular weight excluding hydrogens is 454 g/mol. The molecule has 0 radical (unpaired) electrons. The van der Waals surface area contributed by atoms with Crippen LogP contribution in [0.3, 0.4) is 0 Å². The van der Waals surface area contributed by atoms with E-state index in [1.807, 2.05) is 79.7 Å². The number of hydrogen-bond acceptors (Lipinski definition) is 3. The smallest absolute Gasteiger partial charge is 0.268 e. The van der Waals surface area contributed by atoms with Crippen molar-refractivity contribution >= 4 is 32.6 Å². The number of fused-ring (bicyclic) bond motifs is 3. The van der Waals surface area contributed by atoms with E-state index in [2.05, 4.69) is 6.08 Å². The second kappa shape index (κ2) is 8.43. The highest BCUT2D eigenvalue weighted by Crippen LogP contribution is 2.44. The van der Waals surface area contributed by atoms with Gasteiger partial charge in [0.1, 0.15) is 11.3 Å². The quantitative estimate of drug-likeness (QED) is 0.309. The summed E-state index contributed by atoms with van der Waals surface area (Å²) in [4.78, 5) is 0.264. The van der Waals surface area contributed by atoms with E-state index in [4.69, 9.17) is 4.42 Å². The van der Waals surface area contributed by atoms with Crippen LogP contribution < -0.4 is 0 Å². The maximum atomic E-state index is 14.1. The molecule has 0 atom stereocenters. The monoisotopic (exact) mass is 479 g/mol. The molecule has 4 nitrogen and oxygen atoms in total. The Morgan fingerprint density at radius 3 is 2.37 bits per heavy atom. The summed E-state index contributed by atoms with van der Waals surface area (Å²) in [6.45, 7) is 1.95. The summed E-state index contributed by atoms with van der Waals surface area (Å²) in [7, 11) is -3.87. The Hall–Kier alpha value is -3.83. The van der Waals surface area contributed by atoms with Crippen LogP contribution in [-0.2, 0) is 10.0 Å². The number of benzene rings is 3. The summed E-state index contributed by atoms with van der Waals surface area (Å²) in [6.07, 6.45) is 8.47. The SMILES string of the molecule is Cc1ccc(S(=O)(=O)N2C=Cc3c(oc4ccccc34)C(c3ccccc3)=C2C2=CCCC2)cc1. The lowest BCUT2D eigenvalue weighted by atomic mass is 9.95. The van der Waals surface area contributed by atoms with Crippen LogP contribution in [0, 0.1) is 6.92 Å². The van der Waals surface area contributed by atoms with Gasteiger partial charge < -0.3 is 4.42 Å². The Morgan fingerprint density at radius 1 is 0.886 bits per heavy atom. The molecule has 0 unspecified atom stereocenters. The van der Waals surface area contributed by atoms with Crippen LogP contribution in [-0.4, -0.2) is 12.7 Å². The largest absolute Gasteiger partial charge is 0.455 e. The van der Waals surface area contributed by atoms with Gasteiger partial charge in [0.15, 0.2) is 0 Å². The highest BCUT2D eigenvalue weighted by Gasteiger charge is 2.34. The third-order valence-corrected chi connectivity index (χ3v) is 8.37. The first-order valence-electron chi connectivity index (χ1n) is 11.8. The zero-order valence-electron chi connectivity index (χ0n) is 19.4. The number of furan rings is 1. The van der Waals surface area contributed by atoms with Gasteiger partial charge in [-0.15, -0.1) is 0 Å². The number of hydrogen-bond donors (Lipinski definition) is 0. The first-order chi connectivity index (χ1) is 17.0. The molecule has 6 rings (SSSR count). The van der Waals surface area contributed by atoms with Crippen molar-refractivity contribution in [3.8, 4) is 0 Å². The van der Waals surface area contributed by atoms with Crippen molar-refractivity contribution in [1.29, 1.82) is 0 Å². The molecule has 35 heavy (non-hydrogen) atoms. The molecule has 1 aliphatic carbocycles. The van der Waals surface area contributed by atoms with Crippen molar-refractivity contribution < 1.29 is 12.8 Å². The molecular formula is C30H25NO3S. The Kier molecular flexibility index (Phi) is 5.23. The van der Waals surface area contributed by atoms with Gasteiger partial charge in [-0.05, 0) is 61.6 Å². The van der Waals surface area contributed by atoms with Gasteiger partial charge in [0.05, 0.1) is 16.2 Å². The summed E-state index contributed by atoms with van der Waals surface area (Å²) in [6, 6.07) is 24.9. The molecule has 4 aromatic rings. The van der Waals surface area contributed by atoms with Gasteiger partial charge in [-0.1, -0.05) is 72.3 Å². The van der Waals surface area contributed by atoms with E-state index in [0.717, 1.165) is 58.1 Å². The zero-order valence-corrected chi connectivity index (χ0v) is 20.3. The average molecular weight is 480 g/mol. The number of para-hydroxylation sites is 1. The van der Waals surface area contributed by atoms with Crippen LogP contribution in [0.25, 0.3) is 22.6 Å². The summed E-state index contributed by atoms with van der Waals surface area (Å²) in [5.74, 6) is 0.693. The minimum Gasteiger partial charge on any atom is -0.455 e. The van der Waals surface area contributed by atoms with E-state index in [9.17, 15) is 8.42 Å². The summed E-state index contributed by atoms with van der Waals surface area (Å²) >= 11 is 0. The fourth-order valence-corrected chi connectivity index (χ4v) is 6.31. The normalized spacial score (nSPS) is 15.9. The molecule has 5 heteroatoms.